The maximum atomic E-state index is 13.6. The zero-order valence-electron chi connectivity index (χ0n) is 15.2. The predicted octanol–water partition coefficient (Wildman–Crippen LogP) is 4.98. The van der Waals surface area contributed by atoms with E-state index in [1.807, 2.05) is 44.2 Å². The van der Waals surface area contributed by atoms with Gasteiger partial charge in [-0.1, -0.05) is 45.4 Å². The van der Waals surface area contributed by atoms with Gasteiger partial charge in [-0.3, -0.25) is 4.57 Å². The van der Waals surface area contributed by atoms with E-state index in [1.54, 1.807) is 0 Å². The van der Waals surface area contributed by atoms with Gasteiger partial charge in [-0.15, -0.1) is 0 Å². The van der Waals surface area contributed by atoms with Crippen LogP contribution in [0.5, 0.6) is 0 Å². The van der Waals surface area contributed by atoms with Crippen molar-refractivity contribution in [1.29, 1.82) is 0 Å². The van der Waals surface area contributed by atoms with E-state index < -0.39 is 7.52 Å². The predicted molar refractivity (Wildman–Crippen MR) is 98.2 cm³/mol. The van der Waals surface area contributed by atoms with Crippen LogP contribution in [0.3, 0.4) is 0 Å². The third-order valence-electron chi connectivity index (χ3n) is 4.77. The van der Waals surface area contributed by atoms with Crippen molar-refractivity contribution in [3.63, 3.8) is 0 Å². The average molecular weight is 337 g/mol. The third kappa shape index (κ3) is 4.92. The van der Waals surface area contributed by atoms with Crippen LogP contribution >= 0.6 is 7.52 Å². The van der Waals surface area contributed by atoms with Crippen molar-refractivity contribution in [3.05, 3.63) is 30.3 Å². The highest BCUT2D eigenvalue weighted by atomic mass is 31.2. The van der Waals surface area contributed by atoms with Crippen molar-refractivity contribution in [1.82, 2.24) is 5.09 Å². The number of hydrogen-bond donors (Lipinski definition) is 1. The molecule has 1 saturated carbocycles. The molecule has 0 unspecified atom stereocenters. The van der Waals surface area contributed by atoms with E-state index in [0.29, 0.717) is 17.8 Å². The van der Waals surface area contributed by atoms with Crippen LogP contribution in [0.15, 0.2) is 30.3 Å². The molecule has 2 rings (SSSR count). The van der Waals surface area contributed by atoms with Gasteiger partial charge in [0.1, 0.15) is 0 Å². The van der Waals surface area contributed by atoms with E-state index in [4.69, 9.17) is 4.52 Å². The van der Waals surface area contributed by atoms with E-state index in [1.165, 1.54) is 12.8 Å². The fourth-order valence-corrected chi connectivity index (χ4v) is 5.76. The minimum absolute atomic E-state index is 0.0658. The van der Waals surface area contributed by atoms with Gasteiger partial charge in [0.15, 0.2) is 0 Å². The first-order valence-corrected chi connectivity index (χ1v) is 10.6. The van der Waals surface area contributed by atoms with Gasteiger partial charge >= 0.3 is 0 Å². The molecule has 1 aromatic carbocycles. The maximum absolute atomic E-state index is 13.6. The fraction of sp³-hybridized carbons (Fsp3) is 0.684. The Kier molecular flexibility index (Phi) is 6.48. The molecule has 130 valence electrons. The highest BCUT2D eigenvalue weighted by molar-refractivity contribution is 7.65. The lowest BCUT2D eigenvalue weighted by molar-refractivity contribution is 0.0480. The molecule has 4 heteroatoms. The molecule has 1 aliphatic carbocycles. The van der Waals surface area contributed by atoms with Crippen molar-refractivity contribution < 1.29 is 9.09 Å². The summed E-state index contributed by atoms with van der Waals surface area (Å²) in [5, 5.41) is 4.00. The molecule has 1 N–H and O–H groups in total. The lowest BCUT2D eigenvalue weighted by Gasteiger charge is -2.39. The van der Waals surface area contributed by atoms with Crippen molar-refractivity contribution in [2.24, 2.45) is 17.8 Å². The number of nitrogens with one attached hydrogen (secondary N) is 1. The van der Waals surface area contributed by atoms with E-state index in [2.05, 4.69) is 25.9 Å². The van der Waals surface area contributed by atoms with Crippen molar-refractivity contribution in [3.8, 4) is 0 Å². The molecule has 4 atom stereocenters. The minimum atomic E-state index is -3.05. The van der Waals surface area contributed by atoms with Crippen LogP contribution in [0.4, 0.5) is 0 Å². The van der Waals surface area contributed by atoms with E-state index in [0.717, 1.165) is 11.7 Å². The lowest BCUT2D eigenvalue weighted by atomic mass is 9.75. The fourth-order valence-electron chi connectivity index (χ4n) is 3.56. The van der Waals surface area contributed by atoms with Crippen LogP contribution < -0.4 is 10.4 Å². The van der Waals surface area contributed by atoms with Gasteiger partial charge in [-0.2, -0.15) is 0 Å². The lowest BCUT2D eigenvalue weighted by Crippen LogP contribution is -2.37. The Hall–Kier alpha value is -0.630. The maximum Gasteiger partial charge on any atom is 0.300 e. The second kappa shape index (κ2) is 7.96. The Morgan fingerprint density at radius 1 is 1.13 bits per heavy atom. The summed E-state index contributed by atoms with van der Waals surface area (Å²) in [7, 11) is -3.05. The van der Waals surface area contributed by atoms with Gasteiger partial charge in [0.05, 0.1) is 11.4 Å². The Labute approximate surface area is 141 Å². The van der Waals surface area contributed by atoms with E-state index >= 15 is 0 Å². The first kappa shape index (κ1) is 18.7. The van der Waals surface area contributed by atoms with Crippen LogP contribution in [-0.2, 0) is 9.09 Å². The molecule has 0 aliphatic heterocycles. The first-order valence-electron chi connectivity index (χ1n) is 8.93. The molecule has 0 radical (unpaired) electrons. The number of hydrogen-bond acceptors (Lipinski definition) is 2. The summed E-state index contributed by atoms with van der Waals surface area (Å²) < 4.78 is 20.0. The normalized spacial score (nSPS) is 28.0. The Balaban J connectivity index is 2.27. The van der Waals surface area contributed by atoms with Crippen LogP contribution in [0.25, 0.3) is 0 Å². The Morgan fingerprint density at radius 3 is 2.35 bits per heavy atom. The summed E-state index contributed by atoms with van der Waals surface area (Å²) in [5.74, 6) is 1.67. The monoisotopic (exact) mass is 337 g/mol. The molecule has 0 heterocycles. The molecule has 0 saturated heterocycles. The van der Waals surface area contributed by atoms with Gasteiger partial charge in [0.25, 0.3) is 7.52 Å². The molecule has 3 nitrogen and oxygen atoms in total. The van der Waals surface area contributed by atoms with Crippen LogP contribution in [0.2, 0.25) is 0 Å². The zero-order chi connectivity index (χ0) is 17.0. The topological polar surface area (TPSA) is 38.3 Å². The summed E-state index contributed by atoms with van der Waals surface area (Å²) >= 11 is 0. The highest BCUT2D eigenvalue weighted by Gasteiger charge is 2.38. The molecule has 0 aromatic heterocycles. The minimum Gasteiger partial charge on any atom is -0.311 e. The summed E-state index contributed by atoms with van der Waals surface area (Å²) in [4.78, 5) is 0. The third-order valence-corrected chi connectivity index (χ3v) is 7.17. The van der Waals surface area contributed by atoms with E-state index in [-0.39, 0.29) is 12.1 Å². The van der Waals surface area contributed by atoms with Crippen LogP contribution in [0.1, 0.15) is 53.9 Å². The SMILES string of the molecule is CC(C)N[P@](=O)(O[C@H]1C[C@H](C)CC[C@@H]1C(C)C)c1ccccc1. The molecule has 0 amide bonds. The van der Waals surface area contributed by atoms with E-state index in [9.17, 15) is 4.57 Å². The smallest absolute Gasteiger partial charge is 0.300 e. The Morgan fingerprint density at radius 2 is 1.78 bits per heavy atom. The van der Waals surface area contributed by atoms with Gasteiger partial charge in [-0.05, 0) is 56.6 Å². The van der Waals surface area contributed by atoms with Gasteiger partial charge in [0, 0.05) is 6.04 Å². The summed E-state index contributed by atoms with van der Waals surface area (Å²) in [6.07, 6.45) is 3.48. The van der Waals surface area contributed by atoms with Crippen molar-refractivity contribution >= 4 is 12.8 Å². The molecule has 1 aromatic rings. The quantitative estimate of drug-likeness (QED) is 0.744. The van der Waals surface area contributed by atoms with Crippen molar-refractivity contribution in [2.45, 2.75) is 66.0 Å². The second-order valence-electron chi connectivity index (χ2n) is 7.64. The zero-order valence-corrected chi connectivity index (χ0v) is 16.1. The molecule has 1 aliphatic rings. The van der Waals surface area contributed by atoms with Crippen molar-refractivity contribution in [2.75, 3.05) is 0 Å². The number of rotatable bonds is 6. The molecular formula is C19H32NO2P. The molecule has 1 fully saturated rings. The standard InChI is InChI=1S/C19H32NO2P/c1-14(2)18-12-11-16(5)13-19(18)22-23(21,20-15(3)4)17-9-7-6-8-10-17/h6-10,14-16,18-19H,11-13H2,1-5H3,(H,20,21)/t16-,18-,19+,23-/m1/s1. The molecule has 0 bridgehead atoms. The number of benzene rings is 1. The molecular weight excluding hydrogens is 305 g/mol. The summed E-state index contributed by atoms with van der Waals surface area (Å²) in [6.45, 7) is 10.8. The molecule has 0 spiro atoms. The molecule has 23 heavy (non-hydrogen) atoms. The van der Waals surface area contributed by atoms with Gasteiger partial charge in [-0.25, -0.2) is 5.09 Å². The average Bonchev–Trinajstić information content (AvgIpc) is 2.47. The largest absolute Gasteiger partial charge is 0.311 e. The Bertz CT molecular complexity index is 529. The first-order chi connectivity index (χ1) is 10.8. The summed E-state index contributed by atoms with van der Waals surface area (Å²) in [5.41, 5.74) is 0. The van der Waals surface area contributed by atoms with Crippen LogP contribution in [-0.4, -0.2) is 12.1 Å². The summed E-state index contributed by atoms with van der Waals surface area (Å²) in [6, 6.07) is 9.73. The van der Waals surface area contributed by atoms with Gasteiger partial charge < -0.3 is 4.52 Å². The second-order valence-corrected chi connectivity index (χ2v) is 9.73. The van der Waals surface area contributed by atoms with Crippen LogP contribution in [0, 0.1) is 17.8 Å². The van der Waals surface area contributed by atoms with Gasteiger partial charge in [0.2, 0.25) is 0 Å². The highest BCUT2D eigenvalue weighted by Crippen LogP contribution is 2.48.